The van der Waals surface area contributed by atoms with Gasteiger partial charge in [0.25, 0.3) is 0 Å². The summed E-state index contributed by atoms with van der Waals surface area (Å²) in [6.45, 7) is 3.68. The highest BCUT2D eigenvalue weighted by atomic mass is 35.5. The molecule has 182 valence electrons. The molecule has 0 bridgehead atoms. The lowest BCUT2D eigenvalue weighted by Gasteiger charge is -2.31. The molecule has 2 heterocycles. The second-order valence-corrected chi connectivity index (χ2v) is 9.42. The minimum Gasteiger partial charge on any atom is -0.492 e. The maximum Gasteiger partial charge on any atom is 0.319 e. The summed E-state index contributed by atoms with van der Waals surface area (Å²) in [7, 11) is 1.19. The number of nitrogens with one attached hydrogen (secondary N) is 1. The van der Waals surface area contributed by atoms with E-state index in [1.54, 1.807) is 18.2 Å². The first-order valence-corrected chi connectivity index (χ1v) is 12.6. The number of nitrogens with zero attached hydrogens (tertiary/aromatic N) is 2. The molecule has 34 heavy (non-hydrogen) atoms. The van der Waals surface area contributed by atoms with Gasteiger partial charge in [-0.15, -0.1) is 0 Å². The first-order chi connectivity index (χ1) is 16.4. The van der Waals surface area contributed by atoms with Gasteiger partial charge < -0.3 is 19.7 Å². The quantitative estimate of drug-likeness (QED) is 0.445. The molecule has 2 aliphatic heterocycles. The van der Waals surface area contributed by atoms with Crippen molar-refractivity contribution in [1.29, 1.82) is 5.26 Å². The van der Waals surface area contributed by atoms with Crippen molar-refractivity contribution in [3.05, 3.63) is 39.4 Å². The average molecular weight is 506 g/mol. The number of carbonyl (C=O) groups excluding carboxylic acids is 3. The second-order valence-electron chi connectivity index (χ2n) is 8.03. The van der Waals surface area contributed by atoms with Crippen LogP contribution in [0.5, 0.6) is 5.75 Å². The SMILES string of the molecule is CCOc1ccc([C@@H]2C(C#N)=C(SCC(=O)N3CCCCCC3)NC(=O)[C@H]2C(=O)OC)cc1Cl. The topological polar surface area (TPSA) is 109 Å². The van der Waals surface area contributed by atoms with Crippen LogP contribution in [0, 0.1) is 17.2 Å². The molecule has 3 rings (SSSR count). The van der Waals surface area contributed by atoms with Crippen molar-refractivity contribution in [1.82, 2.24) is 10.2 Å². The summed E-state index contributed by atoms with van der Waals surface area (Å²) >= 11 is 7.46. The molecule has 0 saturated carbocycles. The molecular formula is C24H28ClN3O5S. The molecule has 2 aliphatic rings. The molecule has 2 atom stereocenters. The maximum atomic E-state index is 13.0. The Morgan fingerprint density at radius 2 is 1.97 bits per heavy atom. The van der Waals surface area contributed by atoms with Gasteiger partial charge in [0, 0.05) is 19.0 Å². The lowest BCUT2D eigenvalue weighted by molar-refractivity contribution is -0.150. The van der Waals surface area contributed by atoms with E-state index in [1.165, 1.54) is 7.11 Å². The van der Waals surface area contributed by atoms with Crippen LogP contribution in [0.4, 0.5) is 0 Å². The van der Waals surface area contributed by atoms with E-state index in [1.807, 2.05) is 11.8 Å². The molecule has 1 N–H and O–H groups in total. The summed E-state index contributed by atoms with van der Waals surface area (Å²) in [5.41, 5.74) is 0.691. The molecule has 1 aromatic rings. The van der Waals surface area contributed by atoms with E-state index in [0.29, 0.717) is 36.0 Å². The van der Waals surface area contributed by atoms with E-state index in [2.05, 4.69) is 11.4 Å². The molecular weight excluding hydrogens is 478 g/mol. The van der Waals surface area contributed by atoms with Crippen molar-refractivity contribution in [3.63, 3.8) is 0 Å². The summed E-state index contributed by atoms with van der Waals surface area (Å²) < 4.78 is 10.3. The van der Waals surface area contributed by atoms with Crippen molar-refractivity contribution < 1.29 is 23.9 Å². The molecule has 1 aromatic carbocycles. The van der Waals surface area contributed by atoms with Crippen LogP contribution in [-0.4, -0.2) is 55.2 Å². The van der Waals surface area contributed by atoms with Gasteiger partial charge in [-0.25, -0.2) is 0 Å². The maximum absolute atomic E-state index is 13.0. The Balaban J connectivity index is 1.93. The Labute approximate surface area is 208 Å². The number of likely N-dealkylation sites (tertiary alicyclic amines) is 1. The molecule has 2 amide bonds. The highest BCUT2D eigenvalue weighted by molar-refractivity contribution is 8.03. The summed E-state index contributed by atoms with van der Waals surface area (Å²) in [6.07, 6.45) is 4.16. The summed E-state index contributed by atoms with van der Waals surface area (Å²) in [5.74, 6) is -3.02. The number of allylic oxidation sites excluding steroid dienone is 1. The second kappa shape index (κ2) is 12.1. The number of rotatable bonds is 7. The number of methoxy groups -OCH3 is 1. The molecule has 8 nitrogen and oxygen atoms in total. The number of nitriles is 1. The Hall–Kier alpha value is -2.70. The van der Waals surface area contributed by atoms with Gasteiger partial charge in [0.15, 0.2) is 0 Å². The summed E-state index contributed by atoms with van der Waals surface area (Å²) in [5, 5.41) is 13.3. The number of hydrogen-bond donors (Lipinski definition) is 1. The smallest absolute Gasteiger partial charge is 0.319 e. The van der Waals surface area contributed by atoms with Crippen molar-refractivity contribution in [2.45, 2.75) is 38.5 Å². The van der Waals surface area contributed by atoms with Crippen molar-refractivity contribution in [3.8, 4) is 11.8 Å². The first kappa shape index (κ1) is 25.9. The van der Waals surface area contributed by atoms with E-state index < -0.39 is 23.7 Å². The fraction of sp³-hybridized carbons (Fsp3) is 0.500. The highest BCUT2D eigenvalue weighted by Gasteiger charge is 2.44. The minimum atomic E-state index is -1.26. The van der Waals surface area contributed by atoms with Gasteiger partial charge in [-0.2, -0.15) is 5.26 Å². The first-order valence-electron chi connectivity index (χ1n) is 11.3. The van der Waals surface area contributed by atoms with Crippen molar-refractivity contribution >= 4 is 41.1 Å². The normalized spacial score (nSPS) is 20.8. The van der Waals surface area contributed by atoms with E-state index >= 15 is 0 Å². The molecule has 0 spiro atoms. The van der Waals surface area contributed by atoms with Crippen LogP contribution >= 0.6 is 23.4 Å². The van der Waals surface area contributed by atoms with Gasteiger partial charge >= 0.3 is 5.97 Å². The largest absolute Gasteiger partial charge is 0.492 e. The molecule has 10 heteroatoms. The monoisotopic (exact) mass is 505 g/mol. The molecule has 0 unspecified atom stereocenters. The number of benzene rings is 1. The summed E-state index contributed by atoms with van der Waals surface area (Å²) in [4.78, 5) is 40.1. The van der Waals surface area contributed by atoms with E-state index in [4.69, 9.17) is 21.1 Å². The molecule has 0 aromatic heterocycles. The fourth-order valence-corrected chi connectivity index (χ4v) is 5.40. The van der Waals surface area contributed by atoms with Crippen molar-refractivity contribution in [2.24, 2.45) is 5.92 Å². The van der Waals surface area contributed by atoms with Crippen LogP contribution in [0.3, 0.4) is 0 Å². The Morgan fingerprint density at radius 1 is 1.26 bits per heavy atom. The van der Waals surface area contributed by atoms with E-state index in [9.17, 15) is 19.6 Å². The highest BCUT2D eigenvalue weighted by Crippen LogP contribution is 2.42. The Bertz CT molecular complexity index is 1010. The Kier molecular flexibility index (Phi) is 9.25. The molecule has 0 aliphatic carbocycles. The average Bonchev–Trinajstić information content (AvgIpc) is 3.12. The van der Waals surface area contributed by atoms with Crippen LogP contribution in [0.2, 0.25) is 5.02 Å². The van der Waals surface area contributed by atoms with Gasteiger partial charge in [0.05, 0.1) is 41.2 Å². The predicted octanol–water partition coefficient (Wildman–Crippen LogP) is 3.61. The third kappa shape index (κ3) is 5.86. The van der Waals surface area contributed by atoms with Crippen LogP contribution in [-0.2, 0) is 19.1 Å². The number of carbonyl (C=O) groups is 3. The van der Waals surface area contributed by atoms with Gasteiger partial charge in [-0.05, 0) is 37.5 Å². The number of ether oxygens (including phenoxy) is 2. The third-order valence-electron chi connectivity index (χ3n) is 5.90. The van der Waals surface area contributed by atoms with Gasteiger partial charge in [-0.1, -0.05) is 42.3 Å². The standard InChI is InChI=1S/C24H28ClN3O5S/c1-3-33-18-9-8-15(12-17(18)25)20-16(13-26)23(27-22(30)21(20)24(31)32-2)34-14-19(29)28-10-6-4-5-7-11-28/h8-9,12,20-21H,3-7,10-11,14H2,1-2H3,(H,27,30)/t20-,21+/m1/s1. The summed E-state index contributed by atoms with van der Waals surface area (Å²) in [6, 6.07) is 7.06. The zero-order chi connectivity index (χ0) is 24.7. The van der Waals surface area contributed by atoms with Gasteiger partial charge in [0.1, 0.15) is 11.7 Å². The molecule has 0 radical (unpaired) electrons. The molecule has 1 fully saturated rings. The lowest BCUT2D eigenvalue weighted by Crippen LogP contribution is -2.44. The van der Waals surface area contributed by atoms with E-state index in [0.717, 1.165) is 37.4 Å². The number of amides is 2. The van der Waals surface area contributed by atoms with Crippen LogP contribution < -0.4 is 10.1 Å². The van der Waals surface area contributed by atoms with Crippen LogP contribution in [0.25, 0.3) is 0 Å². The fourth-order valence-electron chi connectivity index (χ4n) is 4.21. The number of halogens is 1. The number of hydrogen-bond acceptors (Lipinski definition) is 7. The Morgan fingerprint density at radius 3 is 2.56 bits per heavy atom. The number of thioether (sulfide) groups is 1. The minimum absolute atomic E-state index is 0.0401. The van der Waals surface area contributed by atoms with Gasteiger partial charge in [-0.3, -0.25) is 14.4 Å². The van der Waals surface area contributed by atoms with Gasteiger partial charge in [0.2, 0.25) is 11.8 Å². The number of esters is 1. The van der Waals surface area contributed by atoms with Crippen molar-refractivity contribution in [2.75, 3.05) is 32.6 Å². The van der Waals surface area contributed by atoms with Crippen LogP contribution in [0.15, 0.2) is 28.8 Å². The van der Waals surface area contributed by atoms with Crippen LogP contribution in [0.1, 0.15) is 44.1 Å². The predicted molar refractivity (Wildman–Crippen MR) is 129 cm³/mol. The molecule has 1 saturated heterocycles. The third-order valence-corrected chi connectivity index (χ3v) is 7.19. The zero-order valence-electron chi connectivity index (χ0n) is 19.3. The van der Waals surface area contributed by atoms with E-state index in [-0.39, 0.29) is 22.3 Å². The zero-order valence-corrected chi connectivity index (χ0v) is 20.8. The lowest BCUT2D eigenvalue weighted by atomic mass is 9.78.